The van der Waals surface area contributed by atoms with Crippen molar-refractivity contribution in [2.45, 2.75) is 18.9 Å². The largest absolute Gasteiger partial charge is 0.378 e. The number of fused-ring (bicyclic) bond motifs is 4. The first-order valence-electron chi connectivity index (χ1n) is 8.96. The normalized spacial score (nSPS) is 24.0. The Morgan fingerprint density at radius 3 is 2.23 bits per heavy atom. The highest BCUT2D eigenvalue weighted by molar-refractivity contribution is 7.86. The second-order valence-electron chi connectivity index (χ2n) is 7.60. The van der Waals surface area contributed by atoms with Crippen molar-refractivity contribution >= 4 is 21.8 Å². The van der Waals surface area contributed by atoms with E-state index in [4.69, 9.17) is 0 Å². The van der Waals surface area contributed by atoms with Crippen molar-refractivity contribution in [3.8, 4) is 0 Å². The van der Waals surface area contributed by atoms with Gasteiger partial charge in [0.15, 0.2) is 0 Å². The summed E-state index contributed by atoms with van der Waals surface area (Å²) in [6, 6.07) is 7.51. The lowest BCUT2D eigenvalue weighted by Crippen LogP contribution is -2.48. The Morgan fingerprint density at radius 1 is 1.00 bits per heavy atom. The minimum absolute atomic E-state index is 0.00546. The molecule has 2 bridgehead atoms. The zero-order valence-corrected chi connectivity index (χ0v) is 16.7. The van der Waals surface area contributed by atoms with E-state index in [-0.39, 0.29) is 17.9 Å². The van der Waals surface area contributed by atoms with Gasteiger partial charge in [-0.05, 0) is 43.0 Å². The second kappa shape index (κ2) is 7.17. The predicted octanol–water partition coefficient (Wildman–Crippen LogP) is 1.10. The molecular weight excluding hydrogens is 352 g/mol. The van der Waals surface area contributed by atoms with E-state index < -0.39 is 10.2 Å². The Labute approximate surface area is 156 Å². The summed E-state index contributed by atoms with van der Waals surface area (Å²) in [5.41, 5.74) is 1.70. The molecule has 3 saturated heterocycles. The fourth-order valence-corrected chi connectivity index (χ4v) is 5.00. The van der Waals surface area contributed by atoms with Gasteiger partial charge in [-0.15, -0.1) is 0 Å². The number of carbonyl (C=O) groups excluding carboxylic acids is 1. The molecule has 1 amide bonds. The van der Waals surface area contributed by atoms with Crippen molar-refractivity contribution in [3.05, 3.63) is 29.8 Å². The molecule has 1 aromatic carbocycles. The number of benzene rings is 1. The first-order valence-corrected chi connectivity index (χ1v) is 10.4. The van der Waals surface area contributed by atoms with E-state index >= 15 is 0 Å². The summed E-state index contributed by atoms with van der Waals surface area (Å²) in [5, 5.41) is 0. The molecule has 7 nitrogen and oxygen atoms in total. The van der Waals surface area contributed by atoms with Gasteiger partial charge in [0.05, 0.1) is 0 Å². The third-order valence-electron chi connectivity index (χ3n) is 5.36. The standard InChI is InChI=1S/C18H28N4O3S/c1-19(2)16-9-6-15(7-10-16)18(23)22-12-14-5-8-17(22)13-21(11-14)26(24,25)20(3)4/h6-7,9-10,14,17H,5,8,11-13H2,1-4H3/t14-,17+/m1/s1. The summed E-state index contributed by atoms with van der Waals surface area (Å²) in [6.45, 7) is 1.48. The van der Waals surface area contributed by atoms with Crippen molar-refractivity contribution in [1.82, 2.24) is 13.5 Å². The number of hydrogen-bond donors (Lipinski definition) is 0. The molecule has 0 N–H and O–H groups in total. The second-order valence-corrected chi connectivity index (χ2v) is 9.75. The van der Waals surface area contributed by atoms with E-state index in [1.807, 2.05) is 48.2 Å². The maximum atomic E-state index is 13.0. The van der Waals surface area contributed by atoms with Crippen LogP contribution < -0.4 is 4.90 Å². The summed E-state index contributed by atoms with van der Waals surface area (Å²) >= 11 is 0. The zero-order chi connectivity index (χ0) is 19.1. The van der Waals surface area contributed by atoms with E-state index in [1.54, 1.807) is 14.1 Å². The molecular formula is C18H28N4O3S. The van der Waals surface area contributed by atoms with Gasteiger partial charge >= 0.3 is 0 Å². The highest BCUT2D eigenvalue weighted by Gasteiger charge is 2.41. The zero-order valence-electron chi connectivity index (χ0n) is 15.9. The minimum atomic E-state index is -3.45. The van der Waals surface area contributed by atoms with Crippen molar-refractivity contribution in [3.63, 3.8) is 0 Å². The van der Waals surface area contributed by atoms with Crippen molar-refractivity contribution in [1.29, 1.82) is 0 Å². The van der Waals surface area contributed by atoms with Gasteiger partial charge in [0, 0.05) is 65.1 Å². The quantitative estimate of drug-likeness (QED) is 0.785. The van der Waals surface area contributed by atoms with Crippen LogP contribution in [-0.4, -0.2) is 81.7 Å². The van der Waals surface area contributed by atoms with Gasteiger partial charge in [-0.3, -0.25) is 4.79 Å². The molecule has 1 aromatic rings. The monoisotopic (exact) mass is 380 g/mol. The molecule has 144 valence electrons. The van der Waals surface area contributed by atoms with Gasteiger partial charge in [0.1, 0.15) is 0 Å². The SMILES string of the molecule is CN(C)c1ccc(C(=O)N2C[C@@H]3CC[C@H]2CN(S(=O)(=O)N(C)C)C3)cc1. The van der Waals surface area contributed by atoms with Crippen LogP contribution in [0.3, 0.4) is 0 Å². The predicted molar refractivity (Wildman–Crippen MR) is 102 cm³/mol. The van der Waals surface area contributed by atoms with Crippen LogP contribution in [0.1, 0.15) is 23.2 Å². The number of nitrogens with zero attached hydrogens (tertiary/aromatic N) is 4. The van der Waals surface area contributed by atoms with E-state index in [2.05, 4.69) is 0 Å². The third-order valence-corrected chi connectivity index (χ3v) is 7.23. The van der Waals surface area contributed by atoms with Crippen LogP contribution in [0.2, 0.25) is 0 Å². The summed E-state index contributed by atoms with van der Waals surface area (Å²) in [5.74, 6) is 0.183. The van der Waals surface area contributed by atoms with Crippen molar-refractivity contribution < 1.29 is 13.2 Å². The van der Waals surface area contributed by atoms with Gasteiger partial charge in [0.25, 0.3) is 16.1 Å². The molecule has 0 spiro atoms. The molecule has 4 rings (SSSR count). The molecule has 26 heavy (non-hydrogen) atoms. The molecule has 2 atom stereocenters. The molecule has 0 aliphatic carbocycles. The van der Waals surface area contributed by atoms with Crippen LogP contribution in [0.5, 0.6) is 0 Å². The average Bonchev–Trinajstić information content (AvgIpc) is 2.93. The Kier molecular flexibility index (Phi) is 5.28. The van der Waals surface area contributed by atoms with Crippen LogP contribution in [0.15, 0.2) is 24.3 Å². The number of anilines is 1. The topological polar surface area (TPSA) is 64.2 Å². The number of piperidine rings is 1. The Bertz CT molecular complexity index is 761. The first-order chi connectivity index (χ1) is 12.2. The summed E-state index contributed by atoms with van der Waals surface area (Å²) < 4.78 is 27.9. The maximum Gasteiger partial charge on any atom is 0.281 e. The van der Waals surface area contributed by atoms with Crippen molar-refractivity contribution in [2.75, 3.05) is 52.7 Å². The number of amides is 1. The lowest BCUT2D eigenvalue weighted by atomic mass is 9.94. The van der Waals surface area contributed by atoms with E-state index in [9.17, 15) is 13.2 Å². The highest BCUT2D eigenvalue weighted by atomic mass is 32.2. The third kappa shape index (κ3) is 3.58. The van der Waals surface area contributed by atoms with Gasteiger partial charge < -0.3 is 9.80 Å². The highest BCUT2D eigenvalue weighted by Crippen LogP contribution is 2.31. The smallest absolute Gasteiger partial charge is 0.281 e. The summed E-state index contributed by atoms with van der Waals surface area (Å²) in [4.78, 5) is 16.9. The molecule has 0 radical (unpaired) electrons. The van der Waals surface area contributed by atoms with Gasteiger partial charge in [0.2, 0.25) is 0 Å². The van der Waals surface area contributed by atoms with E-state index in [1.165, 1.54) is 8.61 Å². The fourth-order valence-electron chi connectivity index (χ4n) is 3.77. The molecule has 3 aliphatic heterocycles. The van der Waals surface area contributed by atoms with Crippen LogP contribution in [0.25, 0.3) is 0 Å². The molecule has 3 aliphatic rings. The van der Waals surface area contributed by atoms with Crippen LogP contribution >= 0.6 is 0 Å². The number of carbonyl (C=O) groups is 1. The van der Waals surface area contributed by atoms with Crippen LogP contribution in [0.4, 0.5) is 5.69 Å². The lowest BCUT2D eigenvalue weighted by Gasteiger charge is -2.36. The van der Waals surface area contributed by atoms with Crippen molar-refractivity contribution in [2.24, 2.45) is 5.92 Å². The summed E-state index contributed by atoms with van der Waals surface area (Å²) in [6.07, 6.45) is 1.82. The van der Waals surface area contributed by atoms with E-state index in [0.29, 0.717) is 25.2 Å². The molecule has 0 aromatic heterocycles. The van der Waals surface area contributed by atoms with Gasteiger partial charge in [-0.25, -0.2) is 0 Å². The minimum Gasteiger partial charge on any atom is -0.378 e. The Hall–Kier alpha value is -1.64. The summed E-state index contributed by atoms with van der Waals surface area (Å²) in [7, 11) is 3.58. The Balaban J connectivity index is 1.81. The molecule has 3 heterocycles. The van der Waals surface area contributed by atoms with Crippen LogP contribution in [-0.2, 0) is 10.2 Å². The van der Waals surface area contributed by atoms with Gasteiger partial charge in [-0.2, -0.15) is 17.0 Å². The number of rotatable bonds is 4. The number of hydrogen-bond acceptors (Lipinski definition) is 4. The molecule has 3 fully saturated rings. The maximum absolute atomic E-state index is 13.0. The lowest BCUT2D eigenvalue weighted by molar-refractivity contribution is 0.0588. The van der Waals surface area contributed by atoms with Gasteiger partial charge in [-0.1, -0.05) is 0 Å². The fraction of sp³-hybridized carbons (Fsp3) is 0.611. The Morgan fingerprint density at radius 2 is 1.65 bits per heavy atom. The molecule has 0 saturated carbocycles. The van der Waals surface area contributed by atoms with E-state index in [0.717, 1.165) is 18.5 Å². The molecule has 0 unspecified atom stereocenters. The first kappa shape index (κ1) is 19.1. The van der Waals surface area contributed by atoms with Crippen LogP contribution in [0, 0.1) is 5.92 Å². The molecule has 8 heteroatoms. The average molecular weight is 381 g/mol.